The molecule has 108 valence electrons. The lowest BCUT2D eigenvalue weighted by atomic mass is 10.2. The van der Waals surface area contributed by atoms with E-state index in [0.717, 1.165) is 38.6 Å². The lowest BCUT2D eigenvalue weighted by molar-refractivity contribution is -0.123. The highest BCUT2D eigenvalue weighted by atomic mass is 16.5. The standard InChI is InChI=1S/C14H24N2O3/c17-11(9-16-3-5-19-6-4-16)8-15-14(18)13-7-12(13)10-1-2-10/h10-13,17H,1-9H2,(H,15,18)/t11-,12+,13-/m0/s1. The van der Waals surface area contributed by atoms with E-state index in [9.17, 15) is 9.90 Å². The van der Waals surface area contributed by atoms with E-state index in [1.54, 1.807) is 0 Å². The van der Waals surface area contributed by atoms with E-state index < -0.39 is 6.10 Å². The molecule has 19 heavy (non-hydrogen) atoms. The van der Waals surface area contributed by atoms with E-state index in [1.165, 1.54) is 12.8 Å². The van der Waals surface area contributed by atoms with Crippen LogP contribution in [0.4, 0.5) is 0 Å². The molecule has 0 aromatic rings. The first-order valence-corrected chi connectivity index (χ1v) is 7.50. The second-order valence-electron chi connectivity index (χ2n) is 6.16. The summed E-state index contributed by atoms with van der Waals surface area (Å²) < 4.78 is 5.27. The molecule has 3 aliphatic rings. The van der Waals surface area contributed by atoms with Gasteiger partial charge in [-0.2, -0.15) is 0 Å². The van der Waals surface area contributed by atoms with Gasteiger partial charge >= 0.3 is 0 Å². The number of hydrogen-bond acceptors (Lipinski definition) is 4. The Morgan fingerprint density at radius 2 is 2.11 bits per heavy atom. The van der Waals surface area contributed by atoms with Crippen LogP contribution in [0.1, 0.15) is 19.3 Å². The Labute approximate surface area is 114 Å². The highest BCUT2D eigenvalue weighted by molar-refractivity contribution is 5.81. The van der Waals surface area contributed by atoms with Gasteiger partial charge in [0, 0.05) is 32.1 Å². The molecule has 1 aliphatic heterocycles. The number of rotatable bonds is 6. The van der Waals surface area contributed by atoms with Crippen molar-refractivity contribution >= 4 is 5.91 Å². The van der Waals surface area contributed by atoms with Crippen molar-refractivity contribution in [2.24, 2.45) is 17.8 Å². The van der Waals surface area contributed by atoms with Crippen molar-refractivity contribution in [3.05, 3.63) is 0 Å². The Bertz CT molecular complexity index is 327. The number of β-amino-alcohol motifs (C(OH)–C–C–N with tert-alkyl or cyclic N) is 1. The van der Waals surface area contributed by atoms with Gasteiger partial charge in [-0.05, 0) is 31.1 Å². The van der Waals surface area contributed by atoms with E-state index in [2.05, 4.69) is 10.2 Å². The van der Waals surface area contributed by atoms with Crippen molar-refractivity contribution in [2.75, 3.05) is 39.4 Å². The molecule has 0 unspecified atom stereocenters. The predicted octanol–water partition coefficient (Wildman–Crippen LogP) is -0.158. The molecule has 3 fully saturated rings. The van der Waals surface area contributed by atoms with Gasteiger partial charge in [0.2, 0.25) is 5.91 Å². The van der Waals surface area contributed by atoms with Crippen molar-refractivity contribution in [3.8, 4) is 0 Å². The molecule has 1 saturated heterocycles. The van der Waals surface area contributed by atoms with Crippen molar-refractivity contribution < 1.29 is 14.6 Å². The third kappa shape index (κ3) is 3.68. The number of nitrogens with one attached hydrogen (secondary N) is 1. The van der Waals surface area contributed by atoms with Gasteiger partial charge in [0.25, 0.3) is 0 Å². The van der Waals surface area contributed by atoms with Gasteiger partial charge in [0.1, 0.15) is 0 Å². The van der Waals surface area contributed by atoms with Gasteiger partial charge in [0.15, 0.2) is 0 Å². The van der Waals surface area contributed by atoms with Gasteiger partial charge in [-0.25, -0.2) is 0 Å². The number of morpholine rings is 1. The number of carbonyl (C=O) groups excluding carboxylic acids is 1. The van der Waals surface area contributed by atoms with Crippen LogP contribution in [-0.4, -0.2) is 61.4 Å². The number of amides is 1. The maximum atomic E-state index is 11.9. The molecule has 2 saturated carbocycles. The molecule has 5 nitrogen and oxygen atoms in total. The summed E-state index contributed by atoms with van der Waals surface area (Å²) in [6, 6.07) is 0. The molecule has 3 atom stereocenters. The second-order valence-corrected chi connectivity index (χ2v) is 6.16. The fourth-order valence-corrected chi connectivity index (χ4v) is 3.06. The van der Waals surface area contributed by atoms with E-state index >= 15 is 0 Å². The molecular formula is C14H24N2O3. The molecule has 0 spiro atoms. The van der Waals surface area contributed by atoms with Crippen LogP contribution < -0.4 is 5.32 Å². The zero-order valence-corrected chi connectivity index (χ0v) is 11.4. The van der Waals surface area contributed by atoms with Gasteiger partial charge in [0.05, 0.1) is 19.3 Å². The van der Waals surface area contributed by atoms with E-state index in [1.807, 2.05) is 0 Å². The quantitative estimate of drug-likeness (QED) is 0.703. The molecule has 0 bridgehead atoms. The van der Waals surface area contributed by atoms with Crippen molar-refractivity contribution in [3.63, 3.8) is 0 Å². The number of aliphatic hydroxyl groups is 1. The molecule has 3 rings (SSSR count). The summed E-state index contributed by atoms with van der Waals surface area (Å²) >= 11 is 0. The van der Waals surface area contributed by atoms with Crippen LogP contribution in [0.5, 0.6) is 0 Å². The molecule has 0 aromatic carbocycles. The predicted molar refractivity (Wildman–Crippen MR) is 70.6 cm³/mol. The smallest absolute Gasteiger partial charge is 0.223 e. The van der Waals surface area contributed by atoms with Crippen LogP contribution >= 0.6 is 0 Å². The first kappa shape index (κ1) is 13.3. The van der Waals surface area contributed by atoms with Gasteiger partial charge in [-0.15, -0.1) is 0 Å². The van der Waals surface area contributed by atoms with Crippen LogP contribution in [0.25, 0.3) is 0 Å². The largest absolute Gasteiger partial charge is 0.390 e. The number of carbonyl (C=O) groups is 1. The molecule has 1 amide bonds. The minimum absolute atomic E-state index is 0.151. The van der Waals surface area contributed by atoms with Crippen molar-refractivity contribution in [2.45, 2.75) is 25.4 Å². The van der Waals surface area contributed by atoms with Gasteiger partial charge < -0.3 is 15.2 Å². The number of nitrogens with zero attached hydrogens (tertiary/aromatic N) is 1. The van der Waals surface area contributed by atoms with Crippen LogP contribution in [0.2, 0.25) is 0 Å². The highest BCUT2D eigenvalue weighted by Gasteiger charge is 2.50. The Balaban J connectivity index is 1.31. The van der Waals surface area contributed by atoms with Crippen LogP contribution in [0.3, 0.4) is 0 Å². The first-order chi connectivity index (χ1) is 9.24. The minimum atomic E-state index is -0.472. The fraction of sp³-hybridized carbons (Fsp3) is 0.929. The molecule has 5 heteroatoms. The minimum Gasteiger partial charge on any atom is -0.390 e. The van der Waals surface area contributed by atoms with Crippen LogP contribution in [-0.2, 0) is 9.53 Å². The molecule has 0 aromatic heterocycles. The third-order valence-corrected chi connectivity index (χ3v) is 4.49. The normalized spacial score (nSPS) is 32.9. The lowest BCUT2D eigenvalue weighted by Gasteiger charge is -2.28. The van der Waals surface area contributed by atoms with Crippen molar-refractivity contribution in [1.82, 2.24) is 10.2 Å². The summed E-state index contributed by atoms with van der Waals surface area (Å²) in [5, 5.41) is 12.8. The summed E-state index contributed by atoms with van der Waals surface area (Å²) in [5.41, 5.74) is 0. The summed E-state index contributed by atoms with van der Waals surface area (Å²) in [6.07, 6.45) is 3.22. The maximum absolute atomic E-state index is 11.9. The SMILES string of the molecule is O=C(NC[C@H](O)CN1CCOCC1)[C@H]1C[C@@H]1C1CC1. The van der Waals surface area contributed by atoms with E-state index in [4.69, 9.17) is 4.74 Å². The zero-order valence-electron chi connectivity index (χ0n) is 11.4. The molecule has 0 radical (unpaired) electrons. The topological polar surface area (TPSA) is 61.8 Å². The average molecular weight is 268 g/mol. The average Bonchev–Trinajstić information content (AvgIpc) is 3.28. The fourth-order valence-electron chi connectivity index (χ4n) is 3.06. The Morgan fingerprint density at radius 3 is 2.79 bits per heavy atom. The number of hydrogen-bond donors (Lipinski definition) is 2. The third-order valence-electron chi connectivity index (χ3n) is 4.49. The summed E-state index contributed by atoms with van der Waals surface area (Å²) in [7, 11) is 0. The second kappa shape index (κ2) is 5.77. The maximum Gasteiger partial charge on any atom is 0.223 e. The van der Waals surface area contributed by atoms with Gasteiger partial charge in [-0.1, -0.05) is 0 Å². The Kier molecular flexibility index (Phi) is 4.05. The molecular weight excluding hydrogens is 244 g/mol. The molecule has 2 N–H and O–H groups in total. The Morgan fingerprint density at radius 1 is 1.37 bits per heavy atom. The lowest BCUT2D eigenvalue weighted by Crippen LogP contribution is -2.44. The number of ether oxygens (including phenoxy) is 1. The van der Waals surface area contributed by atoms with Gasteiger partial charge in [-0.3, -0.25) is 9.69 Å². The monoisotopic (exact) mass is 268 g/mol. The van der Waals surface area contributed by atoms with Crippen LogP contribution in [0, 0.1) is 17.8 Å². The summed E-state index contributed by atoms with van der Waals surface area (Å²) in [5.74, 6) is 1.87. The summed E-state index contributed by atoms with van der Waals surface area (Å²) in [6.45, 7) is 4.23. The summed E-state index contributed by atoms with van der Waals surface area (Å²) in [4.78, 5) is 14.1. The zero-order chi connectivity index (χ0) is 13.2. The molecule has 1 heterocycles. The van der Waals surface area contributed by atoms with Crippen LogP contribution in [0.15, 0.2) is 0 Å². The number of aliphatic hydroxyl groups excluding tert-OH is 1. The molecule has 2 aliphatic carbocycles. The van der Waals surface area contributed by atoms with Crippen molar-refractivity contribution in [1.29, 1.82) is 0 Å². The van der Waals surface area contributed by atoms with E-state index in [0.29, 0.717) is 19.0 Å². The van der Waals surface area contributed by atoms with E-state index in [-0.39, 0.29) is 11.8 Å². The first-order valence-electron chi connectivity index (χ1n) is 7.50. The Hall–Kier alpha value is -0.650. The highest BCUT2D eigenvalue weighted by Crippen LogP contribution is 2.54.